The van der Waals surface area contributed by atoms with Crippen LogP contribution in [0.5, 0.6) is 0 Å². The van der Waals surface area contributed by atoms with Crippen molar-refractivity contribution in [3.8, 4) is 11.3 Å². The molecule has 0 radical (unpaired) electrons. The van der Waals surface area contributed by atoms with Crippen molar-refractivity contribution in [2.75, 3.05) is 18.4 Å². The van der Waals surface area contributed by atoms with Gasteiger partial charge in [0.1, 0.15) is 0 Å². The number of aromatic nitrogens is 3. The van der Waals surface area contributed by atoms with E-state index in [9.17, 15) is 4.79 Å². The van der Waals surface area contributed by atoms with Gasteiger partial charge in [-0.3, -0.25) is 4.79 Å². The quantitative estimate of drug-likeness (QED) is 0.422. The summed E-state index contributed by atoms with van der Waals surface area (Å²) < 4.78 is 0. The first-order valence-corrected chi connectivity index (χ1v) is 11.7. The molecule has 2 aromatic heterocycles. The van der Waals surface area contributed by atoms with Crippen LogP contribution < -0.4 is 5.32 Å². The van der Waals surface area contributed by atoms with Crippen molar-refractivity contribution in [2.45, 2.75) is 57.9 Å². The summed E-state index contributed by atoms with van der Waals surface area (Å²) in [6.07, 6.45) is 10.9. The molecule has 6 nitrogen and oxygen atoms in total. The van der Waals surface area contributed by atoms with Crippen LogP contribution in [0.3, 0.4) is 0 Å². The maximum absolute atomic E-state index is 12.3. The predicted molar refractivity (Wildman–Crippen MR) is 126 cm³/mol. The molecule has 3 heterocycles. The van der Waals surface area contributed by atoms with Gasteiger partial charge in [-0.25, -0.2) is 9.97 Å². The number of unbranched alkanes of at least 4 members (excludes halogenated alkanes) is 4. The molecule has 1 unspecified atom stereocenters. The number of carbonyl (C=O) groups is 1. The Morgan fingerprint density at radius 1 is 1.23 bits per heavy atom. The summed E-state index contributed by atoms with van der Waals surface area (Å²) in [4.78, 5) is 26.7. The van der Waals surface area contributed by atoms with E-state index in [2.05, 4.69) is 28.3 Å². The van der Waals surface area contributed by atoms with Crippen molar-refractivity contribution in [3.63, 3.8) is 0 Å². The lowest BCUT2D eigenvalue weighted by Crippen LogP contribution is -2.46. The van der Waals surface area contributed by atoms with E-state index in [0.29, 0.717) is 29.6 Å². The highest BCUT2D eigenvalue weighted by molar-refractivity contribution is 6.33. The predicted octanol–water partition coefficient (Wildman–Crippen LogP) is 5.65. The number of hydrogen-bond donors (Lipinski definition) is 2. The molecule has 4 rings (SSSR count). The smallest absolute Gasteiger partial charge is 0.223 e. The van der Waals surface area contributed by atoms with Crippen molar-refractivity contribution in [2.24, 2.45) is 0 Å². The van der Waals surface area contributed by atoms with E-state index >= 15 is 0 Å². The maximum atomic E-state index is 12.3. The maximum Gasteiger partial charge on any atom is 0.223 e. The highest BCUT2D eigenvalue weighted by atomic mass is 35.5. The zero-order chi connectivity index (χ0) is 21.6. The molecule has 1 aliphatic rings. The zero-order valence-corrected chi connectivity index (χ0v) is 18.8. The van der Waals surface area contributed by atoms with Gasteiger partial charge in [0.2, 0.25) is 11.9 Å². The number of rotatable bonds is 9. The molecule has 0 aliphatic carbocycles. The Morgan fingerprint density at radius 2 is 2.06 bits per heavy atom. The highest BCUT2D eigenvalue weighted by Crippen LogP contribution is 2.32. The van der Waals surface area contributed by atoms with Crippen molar-refractivity contribution in [3.05, 3.63) is 41.7 Å². The van der Waals surface area contributed by atoms with E-state index in [1.165, 1.54) is 25.7 Å². The molecule has 1 atom stereocenters. The van der Waals surface area contributed by atoms with Gasteiger partial charge in [0.15, 0.2) is 0 Å². The third kappa shape index (κ3) is 5.18. The van der Waals surface area contributed by atoms with Gasteiger partial charge in [-0.15, -0.1) is 0 Å². The second-order valence-electron chi connectivity index (χ2n) is 8.27. The summed E-state index contributed by atoms with van der Waals surface area (Å²) >= 11 is 6.45. The molecule has 164 valence electrons. The Balaban J connectivity index is 1.43. The Labute approximate surface area is 188 Å². The number of nitrogens with one attached hydrogen (secondary N) is 2. The van der Waals surface area contributed by atoms with E-state index in [1.54, 1.807) is 6.20 Å². The lowest BCUT2D eigenvalue weighted by molar-refractivity contribution is -0.133. The van der Waals surface area contributed by atoms with Crippen LogP contribution in [0.25, 0.3) is 22.2 Å². The molecule has 0 bridgehead atoms. The fourth-order valence-electron chi connectivity index (χ4n) is 4.23. The Morgan fingerprint density at radius 3 is 2.94 bits per heavy atom. The number of aromatic amines is 1. The summed E-state index contributed by atoms with van der Waals surface area (Å²) in [7, 11) is 0. The monoisotopic (exact) mass is 439 g/mol. The fraction of sp³-hybridized carbons (Fsp3) is 0.458. The van der Waals surface area contributed by atoms with Gasteiger partial charge in [-0.2, -0.15) is 0 Å². The number of benzene rings is 1. The first-order chi connectivity index (χ1) is 15.2. The van der Waals surface area contributed by atoms with Gasteiger partial charge in [0.05, 0.1) is 16.9 Å². The van der Waals surface area contributed by atoms with Gasteiger partial charge in [-0.1, -0.05) is 62.4 Å². The van der Waals surface area contributed by atoms with Crippen LogP contribution in [-0.4, -0.2) is 44.9 Å². The number of fused-ring (bicyclic) bond motifs is 1. The molecule has 1 aromatic carbocycles. The van der Waals surface area contributed by atoms with Crippen molar-refractivity contribution in [1.29, 1.82) is 0 Å². The third-order valence-corrected chi connectivity index (χ3v) is 6.23. The second-order valence-corrected chi connectivity index (χ2v) is 8.68. The van der Waals surface area contributed by atoms with Crippen LogP contribution in [0.4, 0.5) is 5.95 Å². The number of para-hydroxylation sites is 1. The topological polar surface area (TPSA) is 73.9 Å². The minimum Gasteiger partial charge on any atom is -0.360 e. The minimum atomic E-state index is 0.144. The molecule has 7 heteroatoms. The number of H-pyrrole nitrogens is 1. The minimum absolute atomic E-state index is 0.144. The molecule has 1 saturated heterocycles. The lowest BCUT2D eigenvalue weighted by Gasteiger charge is -2.33. The van der Waals surface area contributed by atoms with Crippen LogP contribution in [0.2, 0.25) is 5.02 Å². The molecule has 1 amide bonds. The Kier molecular flexibility index (Phi) is 7.07. The van der Waals surface area contributed by atoms with E-state index in [1.807, 2.05) is 29.3 Å². The van der Waals surface area contributed by atoms with Gasteiger partial charge in [-0.05, 0) is 18.9 Å². The first-order valence-electron chi connectivity index (χ1n) is 11.3. The Bertz CT molecular complexity index is 1030. The molecule has 3 aromatic rings. The summed E-state index contributed by atoms with van der Waals surface area (Å²) in [6.45, 7) is 3.75. The molecule has 0 saturated carbocycles. The molecule has 0 spiro atoms. The van der Waals surface area contributed by atoms with Gasteiger partial charge < -0.3 is 15.2 Å². The summed E-state index contributed by atoms with van der Waals surface area (Å²) in [5.41, 5.74) is 2.71. The van der Waals surface area contributed by atoms with E-state index in [-0.39, 0.29) is 11.9 Å². The molecule has 31 heavy (non-hydrogen) atoms. The average molecular weight is 440 g/mol. The van der Waals surface area contributed by atoms with Crippen LogP contribution in [0.15, 0.2) is 36.7 Å². The third-order valence-electron chi connectivity index (χ3n) is 5.95. The normalized spacial score (nSPS) is 16.8. The number of amides is 1. The van der Waals surface area contributed by atoms with Crippen molar-refractivity contribution in [1.82, 2.24) is 19.9 Å². The first kappa shape index (κ1) is 21.6. The largest absolute Gasteiger partial charge is 0.360 e. The molecular formula is C24H30ClN5O. The van der Waals surface area contributed by atoms with Crippen LogP contribution in [0.1, 0.15) is 51.9 Å². The molecule has 2 N–H and O–H groups in total. The van der Waals surface area contributed by atoms with E-state index < -0.39 is 0 Å². The summed E-state index contributed by atoms with van der Waals surface area (Å²) in [5.74, 6) is 0.803. The average Bonchev–Trinajstić information content (AvgIpc) is 3.21. The van der Waals surface area contributed by atoms with E-state index in [0.717, 1.165) is 35.9 Å². The Hall–Kier alpha value is -2.60. The van der Waals surface area contributed by atoms with Crippen LogP contribution in [0, 0.1) is 0 Å². The van der Waals surface area contributed by atoms with Gasteiger partial charge >= 0.3 is 0 Å². The fourth-order valence-corrected chi connectivity index (χ4v) is 4.42. The molecule has 1 aliphatic heterocycles. The van der Waals surface area contributed by atoms with Crippen molar-refractivity contribution >= 4 is 34.4 Å². The number of piperidine rings is 1. The number of nitrogens with zero attached hydrogens (tertiary/aromatic N) is 3. The molecular weight excluding hydrogens is 410 g/mol. The number of carbonyl (C=O) groups excluding carboxylic acids is 1. The highest BCUT2D eigenvalue weighted by Gasteiger charge is 2.26. The second kappa shape index (κ2) is 10.1. The number of hydrogen-bond acceptors (Lipinski definition) is 4. The van der Waals surface area contributed by atoms with Gasteiger partial charge in [0.25, 0.3) is 0 Å². The van der Waals surface area contributed by atoms with Gasteiger partial charge in [0, 0.05) is 48.2 Å². The standard InChI is InChI=1S/C24H30ClN5O/c1-2-3-4-5-8-13-30-16-17(11-12-22(30)31)28-24-27-15-20(25)23(29-24)19-14-26-21-10-7-6-9-18(19)21/h6-7,9-10,14-15,17,26H,2-5,8,11-13,16H2,1H3,(H,27,28,29). The number of likely N-dealkylation sites (tertiary alicyclic amines) is 1. The number of anilines is 1. The number of halogens is 1. The van der Waals surface area contributed by atoms with E-state index in [4.69, 9.17) is 16.6 Å². The SMILES string of the molecule is CCCCCCCN1CC(Nc2ncc(Cl)c(-c3c[nH]c4ccccc34)n2)CCC1=O. The summed E-state index contributed by atoms with van der Waals surface area (Å²) in [6, 6.07) is 8.23. The lowest BCUT2D eigenvalue weighted by atomic mass is 10.0. The summed E-state index contributed by atoms with van der Waals surface area (Å²) in [5, 5.41) is 5.03. The van der Waals surface area contributed by atoms with Crippen LogP contribution in [-0.2, 0) is 4.79 Å². The molecule has 1 fully saturated rings. The van der Waals surface area contributed by atoms with Crippen LogP contribution >= 0.6 is 11.6 Å². The van der Waals surface area contributed by atoms with Crippen molar-refractivity contribution < 1.29 is 4.79 Å². The zero-order valence-electron chi connectivity index (χ0n) is 18.0.